The number of alkyl halides is 3. The number of ether oxygens (including phenoxy) is 1. The molecule has 0 unspecified atom stereocenters. The third kappa shape index (κ3) is 3.81. The number of halogens is 3. The first-order chi connectivity index (χ1) is 10.9. The van der Waals surface area contributed by atoms with Crippen LogP contribution in [0.3, 0.4) is 0 Å². The lowest BCUT2D eigenvalue weighted by molar-refractivity contribution is -0.274. The Morgan fingerprint density at radius 3 is 2.39 bits per heavy atom. The Hall–Kier alpha value is -2.54. The summed E-state index contributed by atoms with van der Waals surface area (Å²) >= 11 is 1.35. The molecule has 0 atom stereocenters. The zero-order valence-corrected chi connectivity index (χ0v) is 12.4. The number of benzene rings is 2. The Morgan fingerprint density at radius 1 is 1.04 bits per heavy atom. The van der Waals surface area contributed by atoms with Gasteiger partial charge >= 0.3 is 6.36 Å². The summed E-state index contributed by atoms with van der Waals surface area (Å²) < 4.78 is 41.0. The van der Waals surface area contributed by atoms with Crippen LogP contribution in [0.2, 0.25) is 0 Å². The predicted octanol–water partition coefficient (Wildman–Crippen LogP) is 5.05. The fourth-order valence-corrected chi connectivity index (χ4v) is 2.98. The molecule has 0 aliphatic heterocycles. The summed E-state index contributed by atoms with van der Waals surface area (Å²) in [6.45, 7) is 0. The average molecular weight is 337 g/mol. The van der Waals surface area contributed by atoms with Gasteiger partial charge in [-0.1, -0.05) is 18.2 Å². The van der Waals surface area contributed by atoms with E-state index in [9.17, 15) is 18.0 Å². The van der Waals surface area contributed by atoms with Crippen LogP contribution in [0.1, 0.15) is 9.67 Å². The predicted molar refractivity (Wildman–Crippen MR) is 82.9 cm³/mol. The van der Waals surface area contributed by atoms with Crippen molar-refractivity contribution in [3.05, 3.63) is 59.5 Å². The molecule has 0 bridgehead atoms. The molecule has 3 rings (SSSR count). The van der Waals surface area contributed by atoms with Crippen molar-refractivity contribution >= 4 is 33.0 Å². The first-order valence-electron chi connectivity index (χ1n) is 6.56. The molecular formula is C16H10F3NO2S. The summed E-state index contributed by atoms with van der Waals surface area (Å²) in [5, 5.41) is 3.61. The van der Waals surface area contributed by atoms with Gasteiger partial charge < -0.3 is 10.1 Å². The molecular weight excluding hydrogens is 327 g/mol. The van der Waals surface area contributed by atoms with Crippen LogP contribution in [-0.2, 0) is 0 Å². The Morgan fingerprint density at radius 2 is 1.74 bits per heavy atom. The van der Waals surface area contributed by atoms with Crippen LogP contribution < -0.4 is 10.1 Å². The summed E-state index contributed by atoms with van der Waals surface area (Å²) in [5.74, 6) is -0.645. The Labute approximate surface area is 133 Å². The zero-order chi connectivity index (χ0) is 16.4. The lowest BCUT2D eigenvalue weighted by Gasteiger charge is -2.09. The minimum absolute atomic E-state index is 0.310. The van der Waals surface area contributed by atoms with Crippen LogP contribution >= 0.6 is 11.3 Å². The lowest BCUT2D eigenvalue weighted by atomic mass is 10.2. The van der Waals surface area contributed by atoms with Crippen LogP contribution in [0.5, 0.6) is 5.75 Å². The molecule has 0 fully saturated rings. The highest BCUT2D eigenvalue weighted by molar-refractivity contribution is 7.20. The molecule has 0 saturated heterocycles. The number of hydrogen-bond acceptors (Lipinski definition) is 3. The standard InChI is InChI=1S/C16H10F3NO2S/c17-16(18,19)22-12-7-5-11(6-8-12)20-15(21)14-9-10-3-1-2-4-13(10)23-14/h1-9H,(H,20,21). The summed E-state index contributed by atoms with van der Waals surface area (Å²) in [6.07, 6.45) is -4.73. The smallest absolute Gasteiger partial charge is 0.406 e. The van der Waals surface area contributed by atoms with Crippen molar-refractivity contribution in [3.63, 3.8) is 0 Å². The second kappa shape index (κ2) is 5.92. The first kappa shape index (κ1) is 15.4. The Kier molecular flexibility index (Phi) is 3.96. The highest BCUT2D eigenvalue weighted by Gasteiger charge is 2.30. The van der Waals surface area contributed by atoms with Crippen molar-refractivity contribution in [1.82, 2.24) is 0 Å². The number of rotatable bonds is 3. The molecule has 3 nitrogen and oxygen atoms in total. The molecule has 1 heterocycles. The maximum absolute atomic E-state index is 12.2. The van der Waals surface area contributed by atoms with E-state index in [2.05, 4.69) is 10.1 Å². The van der Waals surface area contributed by atoms with Gasteiger partial charge in [-0.3, -0.25) is 4.79 Å². The maximum Gasteiger partial charge on any atom is 0.573 e. The molecule has 0 radical (unpaired) electrons. The number of thiophene rings is 1. The van der Waals surface area contributed by atoms with E-state index in [0.29, 0.717) is 10.6 Å². The second-order valence-electron chi connectivity index (χ2n) is 4.67. The largest absolute Gasteiger partial charge is 0.573 e. The first-order valence-corrected chi connectivity index (χ1v) is 7.38. The number of fused-ring (bicyclic) bond motifs is 1. The number of anilines is 1. The van der Waals surface area contributed by atoms with Gasteiger partial charge in [0.25, 0.3) is 5.91 Å². The van der Waals surface area contributed by atoms with E-state index in [1.807, 2.05) is 24.3 Å². The van der Waals surface area contributed by atoms with Crippen molar-refractivity contribution in [2.75, 3.05) is 5.32 Å². The molecule has 1 N–H and O–H groups in total. The van der Waals surface area contributed by atoms with E-state index < -0.39 is 6.36 Å². The van der Waals surface area contributed by atoms with E-state index >= 15 is 0 Å². The van der Waals surface area contributed by atoms with E-state index in [0.717, 1.165) is 22.2 Å². The topological polar surface area (TPSA) is 38.3 Å². The van der Waals surface area contributed by atoms with Gasteiger partial charge in [-0.15, -0.1) is 24.5 Å². The van der Waals surface area contributed by atoms with Gasteiger partial charge in [0.1, 0.15) is 5.75 Å². The number of hydrogen-bond donors (Lipinski definition) is 1. The quantitative estimate of drug-likeness (QED) is 0.726. The number of nitrogens with one attached hydrogen (secondary N) is 1. The summed E-state index contributed by atoms with van der Waals surface area (Å²) in [4.78, 5) is 12.7. The molecule has 1 amide bonds. The minimum atomic E-state index is -4.73. The maximum atomic E-state index is 12.2. The number of carbonyl (C=O) groups is 1. The molecule has 0 aliphatic rings. The van der Waals surface area contributed by atoms with Gasteiger partial charge in [0.15, 0.2) is 0 Å². The molecule has 0 aliphatic carbocycles. The highest BCUT2D eigenvalue weighted by Crippen LogP contribution is 2.27. The van der Waals surface area contributed by atoms with Crippen molar-refractivity contribution in [2.24, 2.45) is 0 Å². The Bertz CT molecular complexity index is 807. The molecule has 3 aromatic rings. The fourth-order valence-electron chi connectivity index (χ4n) is 2.03. The van der Waals surface area contributed by atoms with Gasteiger partial charge in [-0.2, -0.15) is 0 Å². The number of amides is 1. The lowest BCUT2D eigenvalue weighted by Crippen LogP contribution is -2.17. The molecule has 1 aromatic heterocycles. The number of carbonyl (C=O) groups excluding carboxylic acids is 1. The van der Waals surface area contributed by atoms with E-state index in [1.54, 1.807) is 6.07 Å². The van der Waals surface area contributed by atoms with Crippen molar-refractivity contribution < 1.29 is 22.7 Å². The van der Waals surface area contributed by atoms with E-state index in [1.165, 1.54) is 23.5 Å². The summed E-state index contributed by atoms with van der Waals surface area (Å²) in [6, 6.07) is 14.4. The van der Waals surface area contributed by atoms with Crippen LogP contribution in [0, 0.1) is 0 Å². The zero-order valence-electron chi connectivity index (χ0n) is 11.6. The molecule has 118 valence electrons. The van der Waals surface area contributed by atoms with Crippen molar-refractivity contribution in [3.8, 4) is 5.75 Å². The van der Waals surface area contributed by atoms with Gasteiger partial charge in [-0.05, 0) is 41.8 Å². The molecule has 2 aromatic carbocycles. The molecule has 0 saturated carbocycles. The van der Waals surface area contributed by atoms with Gasteiger partial charge in [0.05, 0.1) is 4.88 Å². The molecule has 0 spiro atoms. The van der Waals surface area contributed by atoms with Crippen LogP contribution in [0.15, 0.2) is 54.6 Å². The van der Waals surface area contributed by atoms with Crippen LogP contribution in [0.4, 0.5) is 18.9 Å². The average Bonchev–Trinajstić information content (AvgIpc) is 2.92. The van der Waals surface area contributed by atoms with Crippen LogP contribution in [-0.4, -0.2) is 12.3 Å². The monoisotopic (exact) mass is 337 g/mol. The van der Waals surface area contributed by atoms with Crippen LogP contribution in [0.25, 0.3) is 10.1 Å². The third-order valence-electron chi connectivity index (χ3n) is 3.00. The molecule has 23 heavy (non-hydrogen) atoms. The fraction of sp³-hybridized carbons (Fsp3) is 0.0625. The van der Waals surface area contributed by atoms with E-state index in [4.69, 9.17) is 0 Å². The third-order valence-corrected chi connectivity index (χ3v) is 4.11. The second-order valence-corrected chi connectivity index (χ2v) is 5.76. The van der Waals surface area contributed by atoms with Crippen molar-refractivity contribution in [2.45, 2.75) is 6.36 Å². The molecule has 7 heteroatoms. The van der Waals surface area contributed by atoms with E-state index in [-0.39, 0.29) is 11.7 Å². The van der Waals surface area contributed by atoms with Gasteiger partial charge in [-0.25, -0.2) is 0 Å². The Balaban J connectivity index is 1.72. The van der Waals surface area contributed by atoms with Gasteiger partial charge in [0, 0.05) is 10.4 Å². The summed E-state index contributed by atoms with van der Waals surface area (Å²) in [7, 11) is 0. The van der Waals surface area contributed by atoms with Gasteiger partial charge in [0.2, 0.25) is 0 Å². The summed E-state index contributed by atoms with van der Waals surface area (Å²) in [5.41, 5.74) is 0.391. The SMILES string of the molecule is O=C(Nc1ccc(OC(F)(F)F)cc1)c1cc2ccccc2s1. The highest BCUT2D eigenvalue weighted by atomic mass is 32.1. The van der Waals surface area contributed by atoms with Crippen molar-refractivity contribution in [1.29, 1.82) is 0 Å². The normalized spacial score (nSPS) is 11.4. The minimum Gasteiger partial charge on any atom is -0.406 e.